The van der Waals surface area contributed by atoms with Gasteiger partial charge in [0.25, 0.3) is 5.91 Å². The highest BCUT2D eigenvalue weighted by Gasteiger charge is 2.28. The number of carbonyl (C=O) groups is 1. The van der Waals surface area contributed by atoms with Crippen molar-refractivity contribution < 1.29 is 4.79 Å². The molecule has 0 N–H and O–H groups in total. The third-order valence-electron chi connectivity index (χ3n) is 4.88. The quantitative estimate of drug-likeness (QED) is 0.730. The lowest BCUT2D eigenvalue weighted by Gasteiger charge is -2.39. The Bertz CT molecular complexity index is 861. The summed E-state index contributed by atoms with van der Waals surface area (Å²) in [5.74, 6) is 0.781. The van der Waals surface area contributed by atoms with E-state index in [1.54, 1.807) is 18.7 Å². The Balaban J connectivity index is 1.51. The number of rotatable bonds is 3. The first kappa shape index (κ1) is 16.5. The van der Waals surface area contributed by atoms with E-state index in [0.29, 0.717) is 12.1 Å². The second-order valence-electron chi connectivity index (χ2n) is 6.53. The molecule has 1 atom stereocenters. The average Bonchev–Trinajstić information content (AvgIpc) is 3.23. The standard InChI is InChI=1S/C20H21N5O/c1-23-11-12-24(14-18(23)16-5-3-2-4-6-16)20(26)17-7-8-19(22-13-17)25-10-9-21-15-25/h2-10,13,15,18H,11-12,14H2,1H3. The average molecular weight is 347 g/mol. The van der Waals surface area contributed by atoms with E-state index in [-0.39, 0.29) is 11.9 Å². The van der Waals surface area contributed by atoms with Gasteiger partial charge < -0.3 is 4.90 Å². The predicted octanol–water partition coefficient (Wildman–Crippen LogP) is 2.40. The maximum Gasteiger partial charge on any atom is 0.255 e. The van der Waals surface area contributed by atoms with E-state index < -0.39 is 0 Å². The van der Waals surface area contributed by atoms with Crippen molar-refractivity contribution in [2.75, 3.05) is 26.7 Å². The zero-order chi connectivity index (χ0) is 17.9. The molecule has 0 radical (unpaired) electrons. The van der Waals surface area contributed by atoms with Gasteiger partial charge in [0.2, 0.25) is 0 Å². The van der Waals surface area contributed by atoms with Crippen molar-refractivity contribution in [3.63, 3.8) is 0 Å². The second kappa shape index (κ2) is 7.09. The molecule has 0 spiro atoms. The van der Waals surface area contributed by atoms with Crippen molar-refractivity contribution in [1.29, 1.82) is 0 Å². The molecule has 0 saturated carbocycles. The van der Waals surface area contributed by atoms with Gasteiger partial charge >= 0.3 is 0 Å². The Hall–Kier alpha value is -2.99. The largest absolute Gasteiger partial charge is 0.335 e. The van der Waals surface area contributed by atoms with Crippen LogP contribution in [-0.2, 0) is 0 Å². The van der Waals surface area contributed by atoms with E-state index in [0.717, 1.165) is 18.9 Å². The second-order valence-corrected chi connectivity index (χ2v) is 6.53. The summed E-state index contributed by atoms with van der Waals surface area (Å²) in [5, 5.41) is 0. The van der Waals surface area contributed by atoms with Crippen molar-refractivity contribution in [2.45, 2.75) is 6.04 Å². The van der Waals surface area contributed by atoms with Gasteiger partial charge in [-0.1, -0.05) is 30.3 Å². The first-order valence-corrected chi connectivity index (χ1v) is 8.71. The molecular weight excluding hydrogens is 326 g/mol. The Labute approximate surface area is 152 Å². The maximum atomic E-state index is 12.9. The molecule has 0 aliphatic carbocycles. The molecule has 1 aliphatic heterocycles. The molecule has 132 valence electrons. The van der Waals surface area contributed by atoms with E-state index >= 15 is 0 Å². The summed E-state index contributed by atoms with van der Waals surface area (Å²) in [5.41, 5.74) is 1.85. The number of benzene rings is 1. The van der Waals surface area contributed by atoms with Gasteiger partial charge in [0.1, 0.15) is 12.1 Å². The van der Waals surface area contributed by atoms with Crippen LogP contribution in [0.25, 0.3) is 5.82 Å². The van der Waals surface area contributed by atoms with Crippen LogP contribution in [0, 0.1) is 0 Å². The minimum atomic E-state index is 0.0312. The number of likely N-dealkylation sites (N-methyl/N-ethyl adjacent to an activating group) is 1. The van der Waals surface area contributed by atoms with Crippen LogP contribution in [0.3, 0.4) is 0 Å². The lowest BCUT2D eigenvalue weighted by Crippen LogP contribution is -2.49. The van der Waals surface area contributed by atoms with Crippen LogP contribution < -0.4 is 0 Å². The fourth-order valence-electron chi connectivity index (χ4n) is 3.34. The Morgan fingerprint density at radius 1 is 1.12 bits per heavy atom. The van der Waals surface area contributed by atoms with Crippen LogP contribution in [0.15, 0.2) is 67.4 Å². The molecule has 3 aromatic rings. The van der Waals surface area contributed by atoms with Crippen molar-refractivity contribution in [3.8, 4) is 5.82 Å². The third kappa shape index (κ3) is 3.23. The summed E-state index contributed by atoms with van der Waals surface area (Å²) in [6.07, 6.45) is 6.87. The molecule has 1 aromatic carbocycles. The number of carbonyl (C=O) groups excluding carboxylic acids is 1. The molecule has 3 heterocycles. The molecule has 1 saturated heterocycles. The van der Waals surface area contributed by atoms with Gasteiger partial charge in [-0.3, -0.25) is 14.3 Å². The molecule has 6 nitrogen and oxygen atoms in total. The number of amides is 1. The van der Waals surface area contributed by atoms with Crippen LogP contribution in [0.4, 0.5) is 0 Å². The SMILES string of the molecule is CN1CCN(C(=O)c2ccc(-n3ccnc3)nc2)CC1c1ccccc1. The van der Waals surface area contributed by atoms with Gasteiger partial charge in [-0.05, 0) is 24.7 Å². The summed E-state index contributed by atoms with van der Waals surface area (Å²) < 4.78 is 1.82. The molecule has 2 aromatic heterocycles. The topological polar surface area (TPSA) is 54.3 Å². The molecule has 6 heteroatoms. The van der Waals surface area contributed by atoms with Crippen molar-refractivity contribution in [1.82, 2.24) is 24.3 Å². The summed E-state index contributed by atoms with van der Waals surface area (Å²) in [7, 11) is 2.11. The number of imidazole rings is 1. The number of hydrogen-bond donors (Lipinski definition) is 0. The normalized spacial score (nSPS) is 18.0. The predicted molar refractivity (Wildman–Crippen MR) is 99.1 cm³/mol. The van der Waals surface area contributed by atoms with Crippen molar-refractivity contribution in [2.24, 2.45) is 0 Å². The smallest absolute Gasteiger partial charge is 0.255 e. The van der Waals surface area contributed by atoms with Gasteiger partial charge in [0, 0.05) is 38.2 Å². The summed E-state index contributed by atoms with van der Waals surface area (Å²) in [4.78, 5) is 25.6. The molecule has 0 bridgehead atoms. The molecule has 26 heavy (non-hydrogen) atoms. The molecule has 4 rings (SSSR count). The van der Waals surface area contributed by atoms with E-state index in [4.69, 9.17) is 0 Å². The van der Waals surface area contributed by atoms with Crippen LogP contribution in [0.5, 0.6) is 0 Å². The summed E-state index contributed by atoms with van der Waals surface area (Å²) in [6.45, 7) is 2.26. The molecular formula is C20H21N5O. The van der Waals surface area contributed by atoms with Crippen LogP contribution in [-0.4, -0.2) is 56.9 Å². The molecule has 1 fully saturated rings. The monoisotopic (exact) mass is 347 g/mol. The third-order valence-corrected chi connectivity index (χ3v) is 4.88. The highest BCUT2D eigenvalue weighted by molar-refractivity contribution is 5.94. The van der Waals surface area contributed by atoms with Crippen molar-refractivity contribution in [3.05, 3.63) is 78.5 Å². The molecule has 1 amide bonds. The zero-order valence-corrected chi connectivity index (χ0v) is 14.7. The van der Waals surface area contributed by atoms with Gasteiger partial charge in [-0.25, -0.2) is 9.97 Å². The first-order valence-electron chi connectivity index (χ1n) is 8.71. The highest BCUT2D eigenvalue weighted by Crippen LogP contribution is 2.24. The summed E-state index contributed by atoms with van der Waals surface area (Å²) in [6, 6.07) is 14.2. The number of aromatic nitrogens is 3. The Kier molecular flexibility index (Phi) is 4.50. The minimum Gasteiger partial charge on any atom is -0.335 e. The van der Waals surface area contributed by atoms with E-state index in [2.05, 4.69) is 34.0 Å². The van der Waals surface area contributed by atoms with Gasteiger partial charge in [0.15, 0.2) is 0 Å². The molecule has 1 unspecified atom stereocenters. The number of pyridine rings is 1. The van der Waals surface area contributed by atoms with E-state index in [9.17, 15) is 4.79 Å². The van der Waals surface area contributed by atoms with Gasteiger partial charge in [-0.2, -0.15) is 0 Å². The van der Waals surface area contributed by atoms with Crippen LogP contribution in [0.1, 0.15) is 22.0 Å². The van der Waals surface area contributed by atoms with Crippen molar-refractivity contribution >= 4 is 5.91 Å². The lowest BCUT2D eigenvalue weighted by atomic mass is 10.0. The van der Waals surface area contributed by atoms with E-state index in [1.807, 2.05) is 46.0 Å². The Morgan fingerprint density at radius 2 is 1.96 bits per heavy atom. The minimum absolute atomic E-state index is 0.0312. The number of nitrogens with zero attached hydrogens (tertiary/aromatic N) is 5. The number of hydrogen-bond acceptors (Lipinski definition) is 4. The maximum absolute atomic E-state index is 12.9. The van der Waals surface area contributed by atoms with Gasteiger partial charge in [-0.15, -0.1) is 0 Å². The zero-order valence-electron chi connectivity index (χ0n) is 14.7. The fraction of sp³-hybridized carbons (Fsp3) is 0.250. The molecule has 1 aliphatic rings. The first-order chi connectivity index (χ1) is 12.7. The summed E-state index contributed by atoms with van der Waals surface area (Å²) >= 11 is 0. The lowest BCUT2D eigenvalue weighted by molar-refractivity contribution is 0.0546. The highest BCUT2D eigenvalue weighted by atomic mass is 16.2. The van der Waals surface area contributed by atoms with Crippen LogP contribution in [0.2, 0.25) is 0 Å². The number of piperazine rings is 1. The van der Waals surface area contributed by atoms with Gasteiger partial charge in [0.05, 0.1) is 11.6 Å². The van der Waals surface area contributed by atoms with E-state index in [1.165, 1.54) is 5.56 Å². The fourth-order valence-corrected chi connectivity index (χ4v) is 3.34. The van der Waals surface area contributed by atoms with Crippen LogP contribution >= 0.6 is 0 Å². The Morgan fingerprint density at radius 3 is 2.65 bits per heavy atom.